The normalized spacial score (nSPS) is 18.3. The molecule has 3 rings (SSSR count). The van der Waals surface area contributed by atoms with Crippen LogP contribution in [0.2, 0.25) is 0 Å². The summed E-state index contributed by atoms with van der Waals surface area (Å²) >= 11 is 0. The highest BCUT2D eigenvalue weighted by molar-refractivity contribution is 6.31. The number of aldehydes is 1. The van der Waals surface area contributed by atoms with Gasteiger partial charge in [-0.05, 0) is 36.6 Å². The van der Waals surface area contributed by atoms with Gasteiger partial charge in [0.2, 0.25) is 18.2 Å². The molecule has 9 heteroatoms. The first-order chi connectivity index (χ1) is 14.8. The van der Waals surface area contributed by atoms with Crippen molar-refractivity contribution in [1.82, 2.24) is 10.2 Å². The Morgan fingerprint density at radius 1 is 1.23 bits per heavy atom. The minimum atomic E-state index is -1.65. The molecule has 1 atom stereocenters. The number of hydrogen-bond donors (Lipinski definition) is 2. The summed E-state index contributed by atoms with van der Waals surface area (Å²) in [6.45, 7) is 1.95. The van der Waals surface area contributed by atoms with Crippen LogP contribution in [0, 0.1) is 12.7 Å². The van der Waals surface area contributed by atoms with Crippen LogP contribution in [0.3, 0.4) is 0 Å². The fraction of sp³-hybridized carbons (Fsp3) is 0.273. The Kier molecular flexibility index (Phi) is 6.53. The molecular weight excluding hydrogens is 400 g/mol. The van der Waals surface area contributed by atoms with E-state index in [2.05, 4.69) is 10.6 Å². The van der Waals surface area contributed by atoms with Crippen LogP contribution >= 0.6 is 0 Å². The van der Waals surface area contributed by atoms with E-state index in [1.807, 2.05) is 13.0 Å². The average Bonchev–Trinajstić information content (AvgIpc) is 2.75. The molecule has 1 fully saturated rings. The van der Waals surface area contributed by atoms with E-state index in [-0.39, 0.29) is 31.5 Å². The van der Waals surface area contributed by atoms with Gasteiger partial charge in [0.15, 0.2) is 6.29 Å². The van der Waals surface area contributed by atoms with Crippen molar-refractivity contribution in [2.45, 2.75) is 38.3 Å². The monoisotopic (exact) mass is 421 g/mol. The smallest absolute Gasteiger partial charge is 0.242 e. The molecule has 0 bridgehead atoms. The first-order valence-corrected chi connectivity index (χ1v) is 9.70. The van der Waals surface area contributed by atoms with Crippen LogP contribution in [0.1, 0.15) is 39.9 Å². The van der Waals surface area contributed by atoms with Gasteiger partial charge in [0.05, 0.1) is 11.0 Å². The number of benzene rings is 2. The van der Waals surface area contributed by atoms with Crippen molar-refractivity contribution in [2.24, 2.45) is 0 Å². The number of piperidine rings is 1. The van der Waals surface area contributed by atoms with Gasteiger partial charge < -0.3 is 10.2 Å². The zero-order valence-corrected chi connectivity index (χ0v) is 17.0. The van der Waals surface area contributed by atoms with Crippen LogP contribution in [0.25, 0.3) is 0 Å². The van der Waals surface area contributed by atoms with Gasteiger partial charge in [0.25, 0.3) is 0 Å². The number of halogens is 1. The van der Waals surface area contributed by atoms with E-state index in [0.717, 1.165) is 10.5 Å². The zero-order chi connectivity index (χ0) is 22.6. The highest BCUT2D eigenvalue weighted by atomic mass is 19.1. The second-order valence-electron chi connectivity index (χ2n) is 7.43. The third kappa shape index (κ3) is 4.50. The van der Waals surface area contributed by atoms with E-state index < -0.39 is 23.1 Å². The predicted octanol–water partition coefficient (Wildman–Crippen LogP) is 1.82. The van der Waals surface area contributed by atoms with E-state index in [4.69, 9.17) is 7.85 Å². The quantitative estimate of drug-likeness (QED) is 0.385. The molecule has 0 saturated carbocycles. The molecule has 0 spiro atoms. The standard InChI is InChI=1S/C22H21BFN3O4/c1-14-4-2-7-18(25-10-15-5-3-6-16(12-28)20(15)24)17(14)11-27(13-29)22(23)9-8-19(30)26-21(22)31/h2-7,12-13,25H,8-11H2,1H3,(H,26,30,31). The number of carbonyl (C=O) groups excluding carboxylic acids is 4. The maximum atomic E-state index is 14.4. The number of nitrogens with zero attached hydrogens (tertiary/aromatic N) is 1. The van der Waals surface area contributed by atoms with Crippen molar-refractivity contribution in [3.05, 3.63) is 64.5 Å². The summed E-state index contributed by atoms with van der Waals surface area (Å²) in [5.74, 6) is -1.76. The van der Waals surface area contributed by atoms with Crippen molar-refractivity contribution in [2.75, 3.05) is 5.32 Å². The lowest BCUT2D eigenvalue weighted by Gasteiger charge is -2.41. The topological polar surface area (TPSA) is 95.6 Å². The number of aryl methyl sites for hydroxylation is 1. The van der Waals surface area contributed by atoms with E-state index in [9.17, 15) is 23.6 Å². The highest BCUT2D eigenvalue weighted by Gasteiger charge is 2.42. The molecule has 31 heavy (non-hydrogen) atoms. The Bertz CT molecular complexity index is 1050. The summed E-state index contributed by atoms with van der Waals surface area (Å²) in [6.07, 6.45) is 0.977. The van der Waals surface area contributed by atoms with Crippen molar-refractivity contribution < 1.29 is 23.6 Å². The van der Waals surface area contributed by atoms with Crippen LogP contribution in [-0.4, -0.2) is 42.7 Å². The molecule has 2 aromatic carbocycles. The second kappa shape index (κ2) is 9.12. The minimum absolute atomic E-state index is 0.00742. The first-order valence-electron chi connectivity index (χ1n) is 9.70. The average molecular weight is 421 g/mol. The maximum absolute atomic E-state index is 14.4. The summed E-state index contributed by atoms with van der Waals surface area (Å²) in [5.41, 5.74) is 0.771. The molecule has 158 valence electrons. The largest absolute Gasteiger partial charge is 0.381 e. The Labute approximate surface area is 180 Å². The number of nitrogens with one attached hydrogen (secondary N) is 2. The molecule has 1 aliphatic heterocycles. The molecule has 3 amide bonds. The van der Waals surface area contributed by atoms with E-state index in [1.165, 1.54) is 6.07 Å². The van der Waals surface area contributed by atoms with Gasteiger partial charge in [-0.3, -0.25) is 24.5 Å². The lowest BCUT2D eigenvalue weighted by atomic mass is 9.70. The van der Waals surface area contributed by atoms with Gasteiger partial charge in [-0.1, -0.05) is 24.3 Å². The second-order valence-corrected chi connectivity index (χ2v) is 7.43. The minimum Gasteiger partial charge on any atom is -0.381 e. The fourth-order valence-corrected chi connectivity index (χ4v) is 3.53. The number of anilines is 1. The van der Waals surface area contributed by atoms with Gasteiger partial charge in [-0.25, -0.2) is 4.39 Å². The molecule has 2 N–H and O–H groups in total. The SMILES string of the molecule is [B]C1(N(C=O)Cc2c(C)cccc2NCc2cccc(C=O)c2F)CCC(=O)NC1=O. The summed E-state index contributed by atoms with van der Waals surface area (Å²) in [6, 6.07) is 9.96. The van der Waals surface area contributed by atoms with E-state index in [0.29, 0.717) is 29.5 Å². The molecule has 0 aliphatic carbocycles. The van der Waals surface area contributed by atoms with Gasteiger partial charge in [0, 0.05) is 30.8 Å². The molecule has 1 unspecified atom stereocenters. The summed E-state index contributed by atoms with van der Waals surface area (Å²) in [5, 5.41) is 5.31. The molecule has 1 aliphatic rings. The maximum Gasteiger partial charge on any atom is 0.242 e. The molecule has 2 radical (unpaired) electrons. The molecule has 1 heterocycles. The number of imide groups is 1. The van der Waals surface area contributed by atoms with Gasteiger partial charge in [-0.15, -0.1) is 0 Å². The summed E-state index contributed by atoms with van der Waals surface area (Å²) in [4.78, 5) is 47.8. The zero-order valence-electron chi connectivity index (χ0n) is 17.0. The molecule has 1 saturated heterocycles. The van der Waals surface area contributed by atoms with Gasteiger partial charge >= 0.3 is 0 Å². The van der Waals surface area contributed by atoms with Crippen LogP contribution in [0.15, 0.2) is 36.4 Å². The van der Waals surface area contributed by atoms with Gasteiger partial charge in [-0.2, -0.15) is 0 Å². The Morgan fingerprint density at radius 2 is 1.97 bits per heavy atom. The number of amides is 3. The number of carbonyl (C=O) groups is 4. The van der Waals surface area contributed by atoms with Crippen LogP contribution in [0.5, 0.6) is 0 Å². The summed E-state index contributed by atoms with van der Waals surface area (Å²) in [7, 11) is 6.21. The predicted molar refractivity (Wildman–Crippen MR) is 113 cm³/mol. The molecule has 2 aromatic rings. The lowest BCUT2D eigenvalue weighted by Crippen LogP contribution is -2.62. The third-order valence-corrected chi connectivity index (χ3v) is 5.46. The Hall–Kier alpha value is -3.49. The number of rotatable bonds is 8. The molecule has 0 aromatic heterocycles. The fourth-order valence-electron chi connectivity index (χ4n) is 3.53. The first kappa shape index (κ1) is 22.2. The number of hydrogen-bond acceptors (Lipinski definition) is 5. The van der Waals surface area contributed by atoms with E-state index in [1.54, 1.807) is 24.3 Å². The van der Waals surface area contributed by atoms with Crippen LogP contribution in [-0.2, 0) is 27.5 Å². The Balaban J connectivity index is 1.85. The van der Waals surface area contributed by atoms with Crippen molar-refractivity contribution in [3.8, 4) is 0 Å². The lowest BCUT2D eigenvalue weighted by molar-refractivity contribution is -0.144. The van der Waals surface area contributed by atoms with Crippen molar-refractivity contribution in [3.63, 3.8) is 0 Å². The summed E-state index contributed by atoms with van der Waals surface area (Å²) < 4.78 is 14.4. The van der Waals surface area contributed by atoms with Crippen molar-refractivity contribution >= 4 is 38.0 Å². The third-order valence-electron chi connectivity index (χ3n) is 5.46. The van der Waals surface area contributed by atoms with Crippen LogP contribution < -0.4 is 10.6 Å². The van der Waals surface area contributed by atoms with Crippen LogP contribution in [0.4, 0.5) is 10.1 Å². The molecule has 7 nitrogen and oxygen atoms in total. The highest BCUT2D eigenvalue weighted by Crippen LogP contribution is 2.28. The molecular formula is C22H21BFN3O4. The van der Waals surface area contributed by atoms with E-state index >= 15 is 0 Å². The van der Waals surface area contributed by atoms with Gasteiger partial charge in [0.1, 0.15) is 13.7 Å². The van der Waals surface area contributed by atoms with Crippen molar-refractivity contribution in [1.29, 1.82) is 0 Å². The Morgan fingerprint density at radius 3 is 2.65 bits per heavy atom.